The molecular formula is C25H27FN4O4. The lowest BCUT2D eigenvalue weighted by molar-refractivity contribution is -0.136. The molecule has 1 unspecified atom stereocenters. The number of piperidine rings is 2. The van der Waals surface area contributed by atoms with Crippen molar-refractivity contribution in [3.05, 3.63) is 58.7 Å². The van der Waals surface area contributed by atoms with Crippen LogP contribution in [0.2, 0.25) is 0 Å². The fourth-order valence-electron chi connectivity index (χ4n) is 5.30. The van der Waals surface area contributed by atoms with Crippen molar-refractivity contribution in [3.8, 4) is 5.75 Å². The highest BCUT2D eigenvalue weighted by molar-refractivity contribution is 6.05. The van der Waals surface area contributed by atoms with E-state index in [4.69, 9.17) is 4.74 Å². The first kappa shape index (κ1) is 22.5. The van der Waals surface area contributed by atoms with E-state index in [0.717, 1.165) is 49.4 Å². The van der Waals surface area contributed by atoms with Crippen molar-refractivity contribution >= 4 is 17.7 Å². The van der Waals surface area contributed by atoms with Crippen LogP contribution in [0.15, 0.2) is 30.6 Å². The molecule has 5 rings (SSSR count). The van der Waals surface area contributed by atoms with Crippen LogP contribution in [0.5, 0.6) is 5.75 Å². The number of amides is 3. The number of ether oxygens (including phenoxy) is 1. The number of nitrogens with one attached hydrogen (secondary N) is 1. The molecule has 9 heteroatoms. The van der Waals surface area contributed by atoms with Gasteiger partial charge in [-0.25, -0.2) is 4.39 Å². The number of aromatic nitrogens is 1. The maximum absolute atomic E-state index is 15.1. The van der Waals surface area contributed by atoms with E-state index in [-0.39, 0.29) is 36.5 Å². The number of hydrogen-bond acceptors (Lipinski definition) is 6. The summed E-state index contributed by atoms with van der Waals surface area (Å²) < 4.78 is 20.5. The first-order valence-electron chi connectivity index (χ1n) is 11.6. The van der Waals surface area contributed by atoms with Gasteiger partial charge in [-0.3, -0.25) is 29.6 Å². The third-order valence-electron chi connectivity index (χ3n) is 7.14. The summed E-state index contributed by atoms with van der Waals surface area (Å²) in [4.78, 5) is 44.6. The summed E-state index contributed by atoms with van der Waals surface area (Å²) in [6.07, 6.45) is 5.62. The Bertz CT molecular complexity index is 1150. The SMILES string of the molecule is COc1ccncc1CN1CCC(c2cc3c(cc2F)C(=O)N(C2CCC(=O)NC2=O)C3)CC1. The van der Waals surface area contributed by atoms with Crippen molar-refractivity contribution in [1.29, 1.82) is 0 Å². The smallest absolute Gasteiger partial charge is 0.255 e. The zero-order valence-electron chi connectivity index (χ0n) is 19.1. The molecule has 3 amide bonds. The molecule has 2 fully saturated rings. The van der Waals surface area contributed by atoms with Crippen LogP contribution in [0.25, 0.3) is 0 Å². The number of carbonyl (C=O) groups is 3. The second-order valence-corrected chi connectivity index (χ2v) is 9.17. The van der Waals surface area contributed by atoms with Crippen molar-refractivity contribution in [1.82, 2.24) is 20.1 Å². The predicted octanol–water partition coefficient (Wildman–Crippen LogP) is 2.37. The van der Waals surface area contributed by atoms with E-state index < -0.39 is 11.9 Å². The van der Waals surface area contributed by atoms with Crippen LogP contribution in [-0.4, -0.2) is 58.7 Å². The Morgan fingerprint density at radius 1 is 1.18 bits per heavy atom. The summed E-state index contributed by atoms with van der Waals surface area (Å²) in [5.41, 5.74) is 2.72. The number of imide groups is 1. The van der Waals surface area contributed by atoms with E-state index >= 15 is 4.39 Å². The quantitative estimate of drug-likeness (QED) is 0.681. The molecule has 2 saturated heterocycles. The molecule has 4 heterocycles. The number of fused-ring (bicyclic) bond motifs is 1. The van der Waals surface area contributed by atoms with Gasteiger partial charge in [0.2, 0.25) is 11.8 Å². The van der Waals surface area contributed by atoms with Crippen LogP contribution >= 0.6 is 0 Å². The van der Waals surface area contributed by atoms with Gasteiger partial charge in [-0.15, -0.1) is 0 Å². The summed E-state index contributed by atoms with van der Waals surface area (Å²) >= 11 is 0. The van der Waals surface area contributed by atoms with Gasteiger partial charge >= 0.3 is 0 Å². The molecule has 1 N–H and O–H groups in total. The summed E-state index contributed by atoms with van der Waals surface area (Å²) in [7, 11) is 1.65. The predicted molar refractivity (Wildman–Crippen MR) is 120 cm³/mol. The van der Waals surface area contributed by atoms with E-state index in [9.17, 15) is 14.4 Å². The van der Waals surface area contributed by atoms with Crippen LogP contribution in [-0.2, 0) is 22.7 Å². The summed E-state index contributed by atoms with van der Waals surface area (Å²) in [5.74, 6) is -0.633. The minimum Gasteiger partial charge on any atom is -0.496 e. The number of likely N-dealkylation sites (tertiary alicyclic amines) is 1. The maximum atomic E-state index is 15.1. The number of rotatable bonds is 5. The lowest BCUT2D eigenvalue weighted by Crippen LogP contribution is -2.52. The zero-order chi connectivity index (χ0) is 23.8. The van der Waals surface area contributed by atoms with Crippen molar-refractivity contribution in [2.75, 3.05) is 20.2 Å². The molecular weight excluding hydrogens is 439 g/mol. The average molecular weight is 467 g/mol. The molecule has 0 bridgehead atoms. The number of pyridine rings is 1. The van der Waals surface area contributed by atoms with Gasteiger partial charge in [0.1, 0.15) is 17.6 Å². The van der Waals surface area contributed by atoms with Crippen LogP contribution in [0.3, 0.4) is 0 Å². The topological polar surface area (TPSA) is 91.8 Å². The van der Waals surface area contributed by atoms with Crippen LogP contribution in [0.1, 0.15) is 58.6 Å². The highest BCUT2D eigenvalue weighted by Gasteiger charge is 2.40. The van der Waals surface area contributed by atoms with E-state index in [1.54, 1.807) is 19.4 Å². The third-order valence-corrected chi connectivity index (χ3v) is 7.14. The van der Waals surface area contributed by atoms with Gasteiger partial charge in [-0.2, -0.15) is 0 Å². The Hall–Kier alpha value is -3.33. The molecule has 2 aromatic rings. The summed E-state index contributed by atoms with van der Waals surface area (Å²) in [6, 6.07) is 4.28. The van der Waals surface area contributed by atoms with Gasteiger partial charge in [0.25, 0.3) is 5.91 Å². The highest BCUT2D eigenvalue weighted by Crippen LogP contribution is 2.36. The largest absolute Gasteiger partial charge is 0.496 e. The van der Waals surface area contributed by atoms with Gasteiger partial charge < -0.3 is 9.64 Å². The van der Waals surface area contributed by atoms with E-state index in [0.29, 0.717) is 17.5 Å². The molecule has 3 aliphatic heterocycles. The Kier molecular flexibility index (Phi) is 6.03. The highest BCUT2D eigenvalue weighted by atomic mass is 19.1. The molecule has 0 spiro atoms. The number of benzene rings is 1. The normalized spacial score (nSPS) is 21.5. The molecule has 1 atom stereocenters. The van der Waals surface area contributed by atoms with Gasteiger partial charge in [-0.05, 0) is 61.5 Å². The average Bonchev–Trinajstić information content (AvgIpc) is 3.14. The van der Waals surface area contributed by atoms with Crippen molar-refractivity contribution in [2.45, 2.75) is 50.7 Å². The lowest BCUT2D eigenvalue weighted by Gasteiger charge is -2.32. The molecule has 1 aromatic carbocycles. The molecule has 0 radical (unpaired) electrons. The van der Waals surface area contributed by atoms with Crippen LogP contribution in [0.4, 0.5) is 4.39 Å². The van der Waals surface area contributed by atoms with Crippen molar-refractivity contribution in [2.24, 2.45) is 0 Å². The lowest BCUT2D eigenvalue weighted by atomic mass is 9.87. The Balaban J connectivity index is 1.27. The van der Waals surface area contributed by atoms with Crippen LogP contribution in [0, 0.1) is 5.82 Å². The molecule has 178 valence electrons. The zero-order valence-corrected chi connectivity index (χ0v) is 19.1. The summed E-state index contributed by atoms with van der Waals surface area (Å²) in [6.45, 7) is 2.63. The molecule has 1 aromatic heterocycles. The molecule has 3 aliphatic rings. The number of carbonyl (C=O) groups excluding carboxylic acids is 3. The fourth-order valence-corrected chi connectivity index (χ4v) is 5.30. The molecule has 0 saturated carbocycles. The summed E-state index contributed by atoms with van der Waals surface area (Å²) in [5, 5.41) is 2.29. The van der Waals surface area contributed by atoms with Crippen molar-refractivity contribution in [3.63, 3.8) is 0 Å². The standard InChI is InChI=1S/C25H27FN4O4/c1-34-22-4-7-27-12-17(22)13-29-8-5-15(6-9-29)18-10-16-14-30(25(33)19(16)11-20(18)26)21-2-3-23(31)28-24(21)32/h4,7,10-12,15,21H,2-3,5-6,8-9,13-14H2,1H3,(H,28,31,32). The minimum absolute atomic E-state index is 0.0668. The molecule has 8 nitrogen and oxygen atoms in total. The van der Waals surface area contributed by atoms with E-state index in [1.165, 1.54) is 11.0 Å². The number of methoxy groups -OCH3 is 1. The van der Waals surface area contributed by atoms with Crippen LogP contribution < -0.4 is 10.1 Å². The first-order chi connectivity index (χ1) is 16.4. The first-order valence-corrected chi connectivity index (χ1v) is 11.6. The second kappa shape index (κ2) is 9.13. The number of hydrogen-bond donors (Lipinski definition) is 1. The van der Waals surface area contributed by atoms with Gasteiger partial charge in [-0.1, -0.05) is 6.07 Å². The van der Waals surface area contributed by atoms with E-state index in [2.05, 4.69) is 15.2 Å². The Morgan fingerprint density at radius 2 is 1.97 bits per heavy atom. The molecule has 0 aliphatic carbocycles. The van der Waals surface area contributed by atoms with Gasteiger partial charge in [0.15, 0.2) is 0 Å². The van der Waals surface area contributed by atoms with Crippen molar-refractivity contribution < 1.29 is 23.5 Å². The number of halogens is 1. The Morgan fingerprint density at radius 3 is 2.71 bits per heavy atom. The Labute approximate surface area is 197 Å². The second-order valence-electron chi connectivity index (χ2n) is 9.17. The van der Waals surface area contributed by atoms with Gasteiger partial charge in [0.05, 0.1) is 7.11 Å². The minimum atomic E-state index is -0.697. The fraction of sp³-hybridized carbons (Fsp3) is 0.440. The monoisotopic (exact) mass is 466 g/mol. The maximum Gasteiger partial charge on any atom is 0.255 e. The van der Waals surface area contributed by atoms with Gasteiger partial charge in [0, 0.05) is 43.0 Å². The van der Waals surface area contributed by atoms with E-state index in [1.807, 2.05) is 12.3 Å². The third kappa shape index (κ3) is 4.16. The number of nitrogens with zero attached hydrogens (tertiary/aromatic N) is 3. The molecule has 34 heavy (non-hydrogen) atoms.